The van der Waals surface area contributed by atoms with E-state index in [0.717, 1.165) is 55.7 Å². The summed E-state index contributed by atoms with van der Waals surface area (Å²) < 4.78 is 27.0. The number of carbonyl (C=O) groups is 1. The number of hydrogen-bond acceptors (Lipinski definition) is 5. The lowest BCUT2D eigenvalue weighted by Crippen LogP contribution is -2.29. The maximum Gasteiger partial charge on any atom is 0.235 e. The molecule has 0 radical (unpaired) electrons. The van der Waals surface area contributed by atoms with Crippen LogP contribution in [0.5, 0.6) is 11.5 Å². The number of rotatable bonds is 8. The van der Waals surface area contributed by atoms with Crippen LogP contribution in [-0.2, 0) is 0 Å². The average molecular weight is 466 g/mol. The zero-order valence-corrected chi connectivity index (χ0v) is 20.1. The van der Waals surface area contributed by atoms with Crippen molar-refractivity contribution in [2.45, 2.75) is 51.3 Å². The van der Waals surface area contributed by atoms with Crippen LogP contribution in [0.3, 0.4) is 0 Å². The number of piperidine rings is 1. The van der Waals surface area contributed by atoms with Crippen LogP contribution in [0, 0.1) is 5.92 Å². The summed E-state index contributed by atoms with van der Waals surface area (Å²) >= 11 is 0. The first-order valence-corrected chi connectivity index (χ1v) is 12.1. The van der Waals surface area contributed by atoms with Gasteiger partial charge in [0.2, 0.25) is 6.36 Å². The van der Waals surface area contributed by atoms with Crippen LogP contribution in [0.2, 0.25) is 0 Å². The molecule has 34 heavy (non-hydrogen) atoms. The third kappa shape index (κ3) is 4.67. The Hall–Kier alpha value is -2.93. The zero-order chi connectivity index (χ0) is 23.8. The van der Waals surface area contributed by atoms with Gasteiger partial charge in [-0.25, -0.2) is 9.37 Å². The maximum atomic E-state index is 13.9. The monoisotopic (exact) mass is 465 g/mol. The Labute approximate surface area is 199 Å². The van der Waals surface area contributed by atoms with E-state index in [9.17, 15) is 9.18 Å². The number of ketones is 1. The molecule has 5 rings (SSSR count). The lowest BCUT2D eigenvalue weighted by atomic mass is 9.90. The van der Waals surface area contributed by atoms with Gasteiger partial charge in [0.25, 0.3) is 0 Å². The second kappa shape index (κ2) is 9.37. The predicted molar refractivity (Wildman–Crippen MR) is 130 cm³/mol. The van der Waals surface area contributed by atoms with E-state index in [-0.39, 0.29) is 11.5 Å². The van der Waals surface area contributed by atoms with Crippen molar-refractivity contribution in [2.75, 3.05) is 27.2 Å². The van der Waals surface area contributed by atoms with Crippen molar-refractivity contribution in [3.63, 3.8) is 0 Å². The van der Waals surface area contributed by atoms with Crippen molar-refractivity contribution in [1.29, 1.82) is 0 Å². The van der Waals surface area contributed by atoms with E-state index < -0.39 is 6.36 Å². The molecule has 2 aromatic heterocycles. The minimum Gasteiger partial charge on any atom is -0.496 e. The topological polar surface area (TPSA) is 56.1 Å². The molecule has 0 spiro atoms. The first-order chi connectivity index (χ1) is 16.4. The van der Waals surface area contributed by atoms with Crippen molar-refractivity contribution in [3.05, 3.63) is 47.8 Å². The maximum absolute atomic E-state index is 13.9. The summed E-state index contributed by atoms with van der Waals surface area (Å²) in [5.41, 5.74) is 4.09. The van der Waals surface area contributed by atoms with Gasteiger partial charge in [0.15, 0.2) is 5.78 Å². The molecule has 3 aromatic rings. The summed E-state index contributed by atoms with van der Waals surface area (Å²) in [6.45, 7) is 3.53. The highest BCUT2D eigenvalue weighted by Gasteiger charge is 2.29. The molecule has 1 aliphatic heterocycles. The van der Waals surface area contributed by atoms with E-state index in [2.05, 4.69) is 29.1 Å². The smallest absolute Gasteiger partial charge is 0.235 e. The molecule has 180 valence electrons. The number of benzene rings is 1. The Morgan fingerprint density at radius 2 is 1.91 bits per heavy atom. The molecular weight excluding hydrogens is 433 g/mol. The van der Waals surface area contributed by atoms with E-state index >= 15 is 0 Å². The number of hydrogen-bond donors (Lipinski definition) is 0. The fourth-order valence-electron chi connectivity index (χ4n) is 4.93. The number of pyridine rings is 1. The van der Waals surface area contributed by atoms with Gasteiger partial charge in [-0.2, -0.15) is 0 Å². The number of fused-ring (bicyclic) bond motifs is 1. The number of carbonyl (C=O) groups excluding carboxylic acids is 1. The van der Waals surface area contributed by atoms with Gasteiger partial charge in [-0.15, -0.1) is 0 Å². The highest BCUT2D eigenvalue weighted by Crippen LogP contribution is 2.40. The summed E-state index contributed by atoms with van der Waals surface area (Å²) in [6, 6.07) is 7.88. The Kier molecular flexibility index (Phi) is 6.30. The molecule has 2 aliphatic rings. The predicted octanol–water partition coefficient (Wildman–Crippen LogP) is 5.50. The summed E-state index contributed by atoms with van der Waals surface area (Å²) in [7, 11) is 3.69. The fourth-order valence-corrected chi connectivity index (χ4v) is 4.93. The minimum atomic E-state index is -1.55. The molecule has 2 fully saturated rings. The van der Waals surface area contributed by atoms with E-state index in [4.69, 9.17) is 9.47 Å². The van der Waals surface area contributed by atoms with Crippen LogP contribution >= 0.6 is 0 Å². The van der Waals surface area contributed by atoms with Crippen LogP contribution in [0.15, 0.2) is 36.7 Å². The highest BCUT2D eigenvalue weighted by molar-refractivity contribution is 6.02. The van der Waals surface area contributed by atoms with Gasteiger partial charge in [-0.05, 0) is 87.5 Å². The third-order valence-electron chi connectivity index (χ3n) is 7.05. The summed E-state index contributed by atoms with van der Waals surface area (Å²) in [5.74, 6) is 1.50. The molecule has 1 aromatic carbocycles. The second-order valence-electron chi connectivity index (χ2n) is 9.69. The Morgan fingerprint density at radius 3 is 2.59 bits per heavy atom. The quantitative estimate of drug-likeness (QED) is 0.412. The number of imidazole rings is 1. The van der Waals surface area contributed by atoms with Gasteiger partial charge in [0, 0.05) is 25.1 Å². The molecule has 0 bridgehead atoms. The van der Waals surface area contributed by atoms with Gasteiger partial charge in [-0.1, -0.05) is 0 Å². The molecule has 1 aliphatic carbocycles. The van der Waals surface area contributed by atoms with E-state index in [1.54, 1.807) is 12.3 Å². The zero-order valence-electron chi connectivity index (χ0n) is 20.1. The molecule has 1 saturated carbocycles. The first-order valence-electron chi connectivity index (χ1n) is 12.1. The van der Waals surface area contributed by atoms with Gasteiger partial charge < -0.3 is 14.4 Å². The van der Waals surface area contributed by atoms with Gasteiger partial charge >= 0.3 is 0 Å². The number of likely N-dealkylation sites (tertiary alicyclic amines) is 1. The lowest BCUT2D eigenvalue weighted by molar-refractivity contribution is 0.0817. The normalized spacial score (nSPS) is 18.2. The Bertz CT molecular complexity index is 1190. The molecule has 1 saturated heterocycles. The average Bonchev–Trinajstić information content (AvgIpc) is 3.53. The lowest BCUT2D eigenvalue weighted by Gasteiger charge is -2.29. The van der Waals surface area contributed by atoms with Crippen molar-refractivity contribution < 1.29 is 18.7 Å². The summed E-state index contributed by atoms with van der Waals surface area (Å²) in [6.07, 6.45) is 7.14. The van der Waals surface area contributed by atoms with Crippen molar-refractivity contribution >= 4 is 11.4 Å². The largest absolute Gasteiger partial charge is 0.496 e. The molecular formula is C27H32FN3O3. The van der Waals surface area contributed by atoms with Crippen LogP contribution in [-0.4, -0.2) is 53.7 Å². The SMILES string of the molecule is COc1cc(-c2cnc3cc(C4CCN(C)CC4)ccn23)cc(OC(C)F)c1C(=O)CC1CC1. The number of alkyl halides is 1. The molecule has 1 atom stereocenters. The van der Waals surface area contributed by atoms with Crippen molar-refractivity contribution in [2.24, 2.45) is 5.92 Å². The van der Waals surface area contributed by atoms with Crippen molar-refractivity contribution in [1.82, 2.24) is 14.3 Å². The molecule has 7 heteroatoms. The number of Topliss-reactive ketones (excluding diaryl/α,β-unsaturated/α-hetero) is 1. The van der Waals surface area contributed by atoms with Crippen LogP contribution in [0.25, 0.3) is 16.9 Å². The molecule has 0 amide bonds. The number of ether oxygens (including phenoxy) is 2. The summed E-state index contributed by atoms with van der Waals surface area (Å²) in [4.78, 5) is 20.0. The second-order valence-corrected chi connectivity index (χ2v) is 9.69. The summed E-state index contributed by atoms with van der Waals surface area (Å²) in [5, 5.41) is 0. The Morgan fingerprint density at radius 1 is 1.18 bits per heavy atom. The molecule has 1 unspecified atom stereocenters. The van der Waals surface area contributed by atoms with Crippen LogP contribution in [0.1, 0.15) is 60.9 Å². The van der Waals surface area contributed by atoms with Crippen LogP contribution < -0.4 is 9.47 Å². The molecule has 3 heterocycles. The molecule has 6 nitrogen and oxygen atoms in total. The number of methoxy groups -OCH3 is 1. The minimum absolute atomic E-state index is 0.0672. The number of halogens is 1. The van der Waals surface area contributed by atoms with Crippen LogP contribution in [0.4, 0.5) is 4.39 Å². The third-order valence-corrected chi connectivity index (χ3v) is 7.05. The van der Waals surface area contributed by atoms with Gasteiger partial charge in [-0.3, -0.25) is 9.20 Å². The first kappa shape index (κ1) is 22.8. The van der Waals surface area contributed by atoms with Gasteiger partial charge in [0.05, 0.1) is 19.0 Å². The fraction of sp³-hybridized carbons (Fsp3) is 0.481. The molecule has 0 N–H and O–H groups in total. The van der Waals surface area contributed by atoms with E-state index in [1.165, 1.54) is 19.6 Å². The van der Waals surface area contributed by atoms with Gasteiger partial charge in [0.1, 0.15) is 22.7 Å². The van der Waals surface area contributed by atoms with E-state index in [0.29, 0.717) is 29.6 Å². The Balaban J connectivity index is 1.52. The standard InChI is InChI=1S/C27H32FN3O3/c1-17(28)34-25-14-21(13-24(33-3)27(25)23(32)12-18-4-5-18)22-16-29-26-15-20(8-11-31(22)26)19-6-9-30(2)10-7-19/h8,11,13-19H,4-7,9-10,12H2,1-3H3. The van der Waals surface area contributed by atoms with Crippen molar-refractivity contribution in [3.8, 4) is 22.8 Å². The number of aromatic nitrogens is 2. The van der Waals surface area contributed by atoms with E-state index in [1.807, 2.05) is 16.7 Å². The number of nitrogens with zero attached hydrogens (tertiary/aromatic N) is 3. The highest BCUT2D eigenvalue weighted by atomic mass is 19.1.